The van der Waals surface area contributed by atoms with E-state index in [0.717, 1.165) is 12.8 Å². The van der Waals surface area contributed by atoms with Gasteiger partial charge in [-0.3, -0.25) is 4.79 Å². The number of anilines is 1. The van der Waals surface area contributed by atoms with Crippen molar-refractivity contribution in [3.8, 4) is 0 Å². The molecule has 138 valence electrons. The van der Waals surface area contributed by atoms with Gasteiger partial charge in [0.05, 0.1) is 5.56 Å². The normalized spacial score (nSPS) is 15.0. The number of alkyl halides is 2. The molecular formula is C18H20F2N4O2. The lowest BCUT2D eigenvalue weighted by Crippen LogP contribution is -2.32. The molecule has 6 nitrogen and oxygen atoms in total. The minimum Gasteiger partial charge on any atom is -0.361 e. The largest absolute Gasteiger partial charge is 0.361 e. The van der Waals surface area contributed by atoms with Crippen molar-refractivity contribution in [1.82, 2.24) is 14.9 Å². The number of hydrogen-bond donors (Lipinski definition) is 1. The van der Waals surface area contributed by atoms with Gasteiger partial charge < -0.3 is 15.0 Å². The van der Waals surface area contributed by atoms with E-state index in [9.17, 15) is 13.6 Å². The first-order valence-electron chi connectivity index (χ1n) is 8.43. The van der Waals surface area contributed by atoms with Gasteiger partial charge in [0.1, 0.15) is 6.73 Å². The number of nitrogens with zero attached hydrogens (tertiary/aromatic N) is 3. The van der Waals surface area contributed by atoms with Crippen LogP contribution in [0.2, 0.25) is 0 Å². The minimum absolute atomic E-state index is 0.0224. The first-order chi connectivity index (χ1) is 12.6. The SMILES string of the molecule is O=C(c1cnc(NCc2cccc(C(F)F)c2)nc1)N1CCCCOC1. The zero-order valence-corrected chi connectivity index (χ0v) is 14.2. The van der Waals surface area contributed by atoms with E-state index < -0.39 is 6.43 Å². The predicted molar refractivity (Wildman–Crippen MR) is 91.8 cm³/mol. The maximum Gasteiger partial charge on any atom is 0.263 e. The number of nitrogens with one attached hydrogen (secondary N) is 1. The summed E-state index contributed by atoms with van der Waals surface area (Å²) in [5.41, 5.74) is 1.07. The number of halogens is 2. The van der Waals surface area contributed by atoms with Crippen molar-refractivity contribution in [2.45, 2.75) is 25.8 Å². The quantitative estimate of drug-likeness (QED) is 0.884. The maximum absolute atomic E-state index is 12.7. The van der Waals surface area contributed by atoms with Gasteiger partial charge >= 0.3 is 0 Å². The van der Waals surface area contributed by atoms with Crippen LogP contribution in [-0.4, -0.2) is 40.7 Å². The first kappa shape index (κ1) is 18.2. The lowest BCUT2D eigenvalue weighted by Gasteiger charge is -2.19. The number of benzene rings is 1. The highest BCUT2D eigenvalue weighted by Crippen LogP contribution is 2.19. The topological polar surface area (TPSA) is 67.4 Å². The molecule has 1 aromatic carbocycles. The molecule has 0 atom stereocenters. The molecule has 0 aliphatic carbocycles. The Labute approximate surface area is 150 Å². The molecule has 1 aromatic heterocycles. The number of aromatic nitrogens is 2. The Hall–Kier alpha value is -2.61. The van der Waals surface area contributed by atoms with Crippen LogP contribution in [0.25, 0.3) is 0 Å². The monoisotopic (exact) mass is 362 g/mol. The molecule has 0 saturated carbocycles. The second-order valence-corrected chi connectivity index (χ2v) is 6.01. The van der Waals surface area contributed by atoms with Crippen LogP contribution < -0.4 is 5.32 Å². The number of ether oxygens (including phenoxy) is 1. The summed E-state index contributed by atoms with van der Waals surface area (Å²) in [5.74, 6) is 0.166. The Balaban J connectivity index is 1.59. The Kier molecular flexibility index (Phi) is 6.06. The molecule has 8 heteroatoms. The van der Waals surface area contributed by atoms with Gasteiger partial charge in [-0.1, -0.05) is 18.2 Å². The van der Waals surface area contributed by atoms with Crippen molar-refractivity contribution >= 4 is 11.9 Å². The minimum atomic E-state index is -2.50. The summed E-state index contributed by atoms with van der Waals surface area (Å²) in [6.07, 6.45) is 2.26. The Bertz CT molecular complexity index is 732. The van der Waals surface area contributed by atoms with Gasteiger partial charge in [-0.2, -0.15) is 0 Å². The van der Waals surface area contributed by atoms with Gasteiger partial charge in [0, 0.05) is 37.7 Å². The van der Waals surface area contributed by atoms with E-state index in [1.807, 2.05) is 0 Å². The van der Waals surface area contributed by atoms with Crippen molar-refractivity contribution in [2.24, 2.45) is 0 Å². The van der Waals surface area contributed by atoms with Crippen LogP contribution in [0.15, 0.2) is 36.7 Å². The van der Waals surface area contributed by atoms with Gasteiger partial charge in [-0.25, -0.2) is 18.7 Å². The molecule has 0 radical (unpaired) electrons. The van der Waals surface area contributed by atoms with E-state index in [1.54, 1.807) is 17.0 Å². The van der Waals surface area contributed by atoms with Crippen molar-refractivity contribution in [3.05, 3.63) is 53.3 Å². The van der Waals surface area contributed by atoms with Gasteiger partial charge in [-0.15, -0.1) is 0 Å². The predicted octanol–water partition coefficient (Wildman–Crippen LogP) is 3.24. The first-order valence-corrected chi connectivity index (χ1v) is 8.43. The third-order valence-corrected chi connectivity index (χ3v) is 4.05. The Morgan fingerprint density at radius 1 is 1.27 bits per heavy atom. The number of amides is 1. The fraction of sp³-hybridized carbons (Fsp3) is 0.389. The van der Waals surface area contributed by atoms with Gasteiger partial charge in [0.25, 0.3) is 12.3 Å². The highest BCUT2D eigenvalue weighted by molar-refractivity contribution is 5.93. The molecule has 0 unspecified atom stereocenters. The molecule has 2 aromatic rings. The lowest BCUT2D eigenvalue weighted by atomic mass is 10.1. The number of carbonyl (C=O) groups is 1. The third-order valence-electron chi connectivity index (χ3n) is 4.05. The summed E-state index contributed by atoms with van der Waals surface area (Å²) in [6.45, 7) is 1.91. The molecular weight excluding hydrogens is 342 g/mol. The van der Waals surface area contributed by atoms with Crippen molar-refractivity contribution in [2.75, 3.05) is 25.2 Å². The average molecular weight is 362 g/mol. The van der Waals surface area contributed by atoms with Crippen LogP contribution in [-0.2, 0) is 11.3 Å². The molecule has 1 aliphatic heterocycles. The smallest absolute Gasteiger partial charge is 0.263 e. The summed E-state index contributed by atoms with van der Waals surface area (Å²) >= 11 is 0. The second-order valence-electron chi connectivity index (χ2n) is 6.01. The van der Waals surface area contributed by atoms with E-state index in [-0.39, 0.29) is 18.2 Å². The van der Waals surface area contributed by atoms with Crippen LogP contribution in [0, 0.1) is 0 Å². The van der Waals surface area contributed by atoms with Crippen LogP contribution in [0.1, 0.15) is 40.8 Å². The number of carbonyl (C=O) groups excluding carboxylic acids is 1. The highest BCUT2D eigenvalue weighted by atomic mass is 19.3. The molecule has 1 amide bonds. The van der Waals surface area contributed by atoms with E-state index in [0.29, 0.717) is 36.8 Å². The number of hydrogen-bond acceptors (Lipinski definition) is 5. The van der Waals surface area contributed by atoms with Crippen LogP contribution in [0.5, 0.6) is 0 Å². The van der Waals surface area contributed by atoms with E-state index in [4.69, 9.17) is 4.74 Å². The van der Waals surface area contributed by atoms with Gasteiger partial charge in [0.2, 0.25) is 5.95 Å². The van der Waals surface area contributed by atoms with Crippen molar-refractivity contribution in [1.29, 1.82) is 0 Å². The summed E-state index contributed by atoms with van der Waals surface area (Å²) in [7, 11) is 0. The highest BCUT2D eigenvalue weighted by Gasteiger charge is 2.18. The number of rotatable bonds is 5. The van der Waals surface area contributed by atoms with Crippen LogP contribution >= 0.6 is 0 Å². The summed E-state index contributed by atoms with van der Waals surface area (Å²) in [5, 5.41) is 2.97. The molecule has 0 bridgehead atoms. The van der Waals surface area contributed by atoms with Gasteiger partial charge in [0.15, 0.2) is 0 Å². The Morgan fingerprint density at radius 3 is 2.85 bits per heavy atom. The zero-order chi connectivity index (χ0) is 18.4. The average Bonchev–Trinajstić information content (AvgIpc) is 2.96. The molecule has 26 heavy (non-hydrogen) atoms. The van der Waals surface area contributed by atoms with Crippen LogP contribution in [0.4, 0.5) is 14.7 Å². The molecule has 1 fully saturated rings. The standard InChI is InChI=1S/C18H20F2N4O2/c19-16(20)14-5-3-4-13(8-14)9-21-18-22-10-15(11-23-18)17(25)24-6-1-2-7-26-12-24/h3-5,8,10-11,16H,1-2,6-7,9,12H2,(H,21,22,23). The molecule has 1 saturated heterocycles. The van der Waals surface area contributed by atoms with E-state index in [1.165, 1.54) is 24.5 Å². The van der Waals surface area contributed by atoms with Crippen molar-refractivity contribution < 1.29 is 18.3 Å². The maximum atomic E-state index is 12.7. The summed E-state index contributed by atoms with van der Waals surface area (Å²) < 4.78 is 30.8. The summed E-state index contributed by atoms with van der Waals surface area (Å²) in [6, 6.07) is 6.16. The fourth-order valence-electron chi connectivity index (χ4n) is 2.64. The lowest BCUT2D eigenvalue weighted by molar-refractivity contribution is 0.0368. The van der Waals surface area contributed by atoms with E-state index in [2.05, 4.69) is 15.3 Å². The van der Waals surface area contributed by atoms with Gasteiger partial charge in [-0.05, 0) is 24.5 Å². The molecule has 0 spiro atoms. The molecule has 3 rings (SSSR count). The molecule has 2 heterocycles. The summed E-state index contributed by atoms with van der Waals surface area (Å²) in [4.78, 5) is 22.3. The third kappa shape index (κ3) is 4.72. The van der Waals surface area contributed by atoms with Crippen LogP contribution in [0.3, 0.4) is 0 Å². The molecule has 1 aliphatic rings. The van der Waals surface area contributed by atoms with Crippen molar-refractivity contribution in [3.63, 3.8) is 0 Å². The fourth-order valence-corrected chi connectivity index (χ4v) is 2.64. The second kappa shape index (κ2) is 8.66. The Morgan fingerprint density at radius 2 is 2.08 bits per heavy atom. The molecule has 1 N–H and O–H groups in total. The van der Waals surface area contributed by atoms with E-state index >= 15 is 0 Å². The zero-order valence-electron chi connectivity index (χ0n) is 14.2.